The number of phenols is 1. The third kappa shape index (κ3) is 3.34. The van der Waals surface area contributed by atoms with Crippen LogP contribution in [0.5, 0.6) is 11.5 Å². The number of hydrogen-bond donors (Lipinski definition) is 3. The SMILES string of the molecule is COc1cc(CCNc2nc(N)c3nc(-c4ccco4)oc3n2)ccc1O. The van der Waals surface area contributed by atoms with Crippen molar-refractivity contribution in [1.29, 1.82) is 0 Å². The van der Waals surface area contributed by atoms with Crippen LogP contribution in [-0.2, 0) is 6.42 Å². The van der Waals surface area contributed by atoms with E-state index >= 15 is 0 Å². The highest BCUT2D eigenvalue weighted by Crippen LogP contribution is 2.27. The zero-order valence-electron chi connectivity index (χ0n) is 14.5. The lowest BCUT2D eigenvalue weighted by molar-refractivity contribution is 0.373. The average molecular weight is 367 g/mol. The number of aromatic nitrogens is 3. The van der Waals surface area contributed by atoms with Gasteiger partial charge in [-0.3, -0.25) is 0 Å². The van der Waals surface area contributed by atoms with E-state index in [1.54, 1.807) is 24.3 Å². The number of rotatable bonds is 6. The topological polar surface area (TPSA) is 132 Å². The maximum absolute atomic E-state index is 9.64. The Morgan fingerprint density at radius 3 is 2.89 bits per heavy atom. The van der Waals surface area contributed by atoms with E-state index in [1.807, 2.05) is 6.07 Å². The van der Waals surface area contributed by atoms with E-state index in [1.165, 1.54) is 13.4 Å². The predicted molar refractivity (Wildman–Crippen MR) is 98.6 cm³/mol. The molecule has 0 bridgehead atoms. The molecule has 0 radical (unpaired) electrons. The monoisotopic (exact) mass is 367 g/mol. The van der Waals surface area contributed by atoms with Gasteiger partial charge in [0, 0.05) is 6.54 Å². The van der Waals surface area contributed by atoms with E-state index in [0.29, 0.717) is 41.8 Å². The van der Waals surface area contributed by atoms with Crippen LogP contribution in [0.3, 0.4) is 0 Å². The Labute approximate surface area is 153 Å². The van der Waals surface area contributed by atoms with Gasteiger partial charge in [-0.05, 0) is 36.2 Å². The molecular weight excluding hydrogens is 350 g/mol. The number of furan rings is 1. The summed E-state index contributed by atoms with van der Waals surface area (Å²) in [5.41, 5.74) is 7.63. The number of hydrogen-bond acceptors (Lipinski definition) is 9. The highest BCUT2D eigenvalue weighted by Gasteiger charge is 2.16. The van der Waals surface area contributed by atoms with Crippen LogP contribution in [0, 0.1) is 0 Å². The van der Waals surface area contributed by atoms with Crippen LogP contribution < -0.4 is 15.8 Å². The lowest BCUT2D eigenvalue weighted by Gasteiger charge is -2.08. The van der Waals surface area contributed by atoms with Crippen molar-refractivity contribution >= 4 is 23.0 Å². The number of benzene rings is 1. The number of methoxy groups -OCH3 is 1. The van der Waals surface area contributed by atoms with Gasteiger partial charge in [0.15, 0.2) is 28.6 Å². The van der Waals surface area contributed by atoms with Crippen molar-refractivity contribution < 1.29 is 18.7 Å². The number of fused-ring (bicyclic) bond motifs is 1. The Bertz CT molecular complexity index is 1070. The lowest BCUT2D eigenvalue weighted by atomic mass is 10.1. The summed E-state index contributed by atoms with van der Waals surface area (Å²) < 4.78 is 16.0. The lowest BCUT2D eigenvalue weighted by Crippen LogP contribution is -2.09. The molecule has 0 saturated heterocycles. The average Bonchev–Trinajstić information content (AvgIpc) is 3.32. The van der Waals surface area contributed by atoms with Crippen molar-refractivity contribution in [2.75, 3.05) is 24.7 Å². The van der Waals surface area contributed by atoms with Crippen LogP contribution in [0.25, 0.3) is 22.9 Å². The number of oxazole rings is 1. The fourth-order valence-electron chi connectivity index (χ4n) is 2.62. The summed E-state index contributed by atoms with van der Waals surface area (Å²) in [5.74, 6) is 1.88. The molecule has 0 fully saturated rings. The Morgan fingerprint density at radius 2 is 2.11 bits per heavy atom. The number of ether oxygens (including phenoxy) is 1. The molecule has 1 aromatic carbocycles. The molecule has 0 atom stereocenters. The predicted octanol–water partition coefficient (Wildman–Crippen LogP) is 2.83. The summed E-state index contributed by atoms with van der Waals surface area (Å²) in [5, 5.41) is 12.7. The Hall–Kier alpha value is -3.75. The molecular formula is C18H17N5O4. The number of phenolic OH excluding ortho intramolecular Hbond substituents is 1. The molecule has 3 aromatic heterocycles. The first-order valence-corrected chi connectivity index (χ1v) is 8.21. The summed E-state index contributed by atoms with van der Waals surface area (Å²) >= 11 is 0. The number of nitrogen functional groups attached to an aromatic ring is 1. The first-order chi connectivity index (χ1) is 13.1. The molecule has 0 unspecified atom stereocenters. The van der Waals surface area contributed by atoms with Gasteiger partial charge in [-0.15, -0.1) is 0 Å². The molecule has 0 spiro atoms. The molecule has 9 heteroatoms. The van der Waals surface area contributed by atoms with Gasteiger partial charge in [-0.2, -0.15) is 9.97 Å². The molecule has 138 valence electrons. The van der Waals surface area contributed by atoms with Gasteiger partial charge in [0.1, 0.15) is 0 Å². The maximum Gasteiger partial charge on any atom is 0.265 e. The van der Waals surface area contributed by atoms with Crippen LogP contribution >= 0.6 is 0 Å². The minimum atomic E-state index is 0.105. The van der Waals surface area contributed by atoms with Crippen LogP contribution in [0.2, 0.25) is 0 Å². The largest absolute Gasteiger partial charge is 0.504 e. The van der Waals surface area contributed by atoms with Gasteiger partial charge in [-0.25, -0.2) is 4.98 Å². The fourth-order valence-corrected chi connectivity index (χ4v) is 2.62. The third-order valence-corrected chi connectivity index (χ3v) is 3.96. The minimum absolute atomic E-state index is 0.105. The van der Waals surface area contributed by atoms with Gasteiger partial charge in [0.25, 0.3) is 11.6 Å². The first kappa shape index (κ1) is 16.7. The summed E-state index contributed by atoms with van der Waals surface area (Å²) in [6, 6.07) is 8.68. The van der Waals surface area contributed by atoms with Crippen LogP contribution in [0.1, 0.15) is 5.56 Å². The van der Waals surface area contributed by atoms with Crippen LogP contribution in [0.4, 0.5) is 11.8 Å². The molecule has 0 saturated carbocycles. The van der Waals surface area contributed by atoms with Crippen molar-refractivity contribution in [3.8, 4) is 23.1 Å². The van der Waals surface area contributed by atoms with Crippen molar-refractivity contribution in [2.45, 2.75) is 6.42 Å². The second-order valence-electron chi connectivity index (χ2n) is 5.77. The minimum Gasteiger partial charge on any atom is -0.504 e. The smallest absolute Gasteiger partial charge is 0.265 e. The van der Waals surface area contributed by atoms with E-state index in [-0.39, 0.29) is 17.3 Å². The first-order valence-electron chi connectivity index (χ1n) is 8.21. The zero-order valence-corrected chi connectivity index (χ0v) is 14.5. The van der Waals surface area contributed by atoms with Crippen molar-refractivity contribution in [3.63, 3.8) is 0 Å². The second-order valence-corrected chi connectivity index (χ2v) is 5.77. The van der Waals surface area contributed by atoms with Gasteiger partial charge >= 0.3 is 0 Å². The number of nitrogens with one attached hydrogen (secondary N) is 1. The molecule has 0 aliphatic carbocycles. The Morgan fingerprint density at radius 1 is 1.22 bits per heavy atom. The quantitative estimate of drug-likeness (QED) is 0.470. The second kappa shape index (κ2) is 6.87. The van der Waals surface area contributed by atoms with Gasteiger partial charge < -0.3 is 29.7 Å². The van der Waals surface area contributed by atoms with Crippen molar-refractivity contribution in [1.82, 2.24) is 15.0 Å². The molecule has 3 heterocycles. The molecule has 0 aliphatic rings. The van der Waals surface area contributed by atoms with E-state index < -0.39 is 0 Å². The highest BCUT2D eigenvalue weighted by atomic mass is 16.5. The number of anilines is 2. The Balaban J connectivity index is 1.49. The van der Waals surface area contributed by atoms with Crippen LogP contribution in [-0.4, -0.2) is 33.7 Å². The zero-order chi connectivity index (χ0) is 18.8. The van der Waals surface area contributed by atoms with Crippen LogP contribution in [0.15, 0.2) is 45.4 Å². The molecule has 27 heavy (non-hydrogen) atoms. The number of aromatic hydroxyl groups is 1. The summed E-state index contributed by atoms with van der Waals surface area (Å²) in [6.07, 6.45) is 2.20. The fraction of sp³-hybridized carbons (Fsp3) is 0.167. The van der Waals surface area contributed by atoms with E-state index in [2.05, 4.69) is 20.3 Å². The molecule has 9 nitrogen and oxygen atoms in total. The highest BCUT2D eigenvalue weighted by molar-refractivity contribution is 5.82. The van der Waals surface area contributed by atoms with Crippen molar-refractivity contribution in [3.05, 3.63) is 42.2 Å². The third-order valence-electron chi connectivity index (χ3n) is 3.96. The molecule has 4 N–H and O–H groups in total. The molecule has 0 amide bonds. The number of nitrogens with zero attached hydrogens (tertiary/aromatic N) is 3. The van der Waals surface area contributed by atoms with E-state index in [9.17, 15) is 5.11 Å². The normalized spacial score (nSPS) is 11.0. The van der Waals surface area contributed by atoms with E-state index in [0.717, 1.165) is 5.56 Å². The summed E-state index contributed by atoms with van der Waals surface area (Å²) in [4.78, 5) is 12.8. The standard InChI is InChI=1S/C18H17N5O4/c1-25-13-9-10(4-5-11(13)24)6-7-20-18-22-15(19)14-17(23-18)27-16(21-14)12-3-2-8-26-12/h2-5,8-9,24H,6-7H2,1H3,(H3,19,20,22,23). The Kier molecular flexibility index (Phi) is 4.25. The van der Waals surface area contributed by atoms with Gasteiger partial charge in [0.05, 0.1) is 13.4 Å². The van der Waals surface area contributed by atoms with Crippen molar-refractivity contribution in [2.24, 2.45) is 0 Å². The number of nitrogens with two attached hydrogens (primary N) is 1. The maximum atomic E-state index is 9.64. The summed E-state index contributed by atoms with van der Waals surface area (Å²) in [6.45, 7) is 0.554. The molecule has 4 aromatic rings. The van der Waals surface area contributed by atoms with Gasteiger partial charge in [0.2, 0.25) is 5.95 Å². The molecule has 4 rings (SSSR count). The van der Waals surface area contributed by atoms with E-state index in [4.69, 9.17) is 19.3 Å². The van der Waals surface area contributed by atoms with Gasteiger partial charge in [-0.1, -0.05) is 6.07 Å². The summed E-state index contributed by atoms with van der Waals surface area (Å²) in [7, 11) is 1.51. The molecule has 0 aliphatic heterocycles.